The first-order valence-electron chi connectivity index (χ1n) is 7.17. The van der Waals surface area contributed by atoms with Crippen molar-refractivity contribution in [2.24, 2.45) is 7.05 Å². The second-order valence-electron chi connectivity index (χ2n) is 5.13. The molecule has 6 heteroatoms. The van der Waals surface area contributed by atoms with Crippen LogP contribution in [0.1, 0.15) is 12.8 Å². The lowest BCUT2D eigenvalue weighted by Crippen LogP contribution is -2.33. The Morgan fingerprint density at radius 1 is 1.40 bits per heavy atom. The highest BCUT2D eigenvalue weighted by Gasteiger charge is 2.13. The Balaban J connectivity index is 1.52. The van der Waals surface area contributed by atoms with Crippen molar-refractivity contribution in [3.8, 4) is 0 Å². The molecule has 2 N–H and O–H groups in total. The number of hydrogen-bond acceptors (Lipinski definition) is 5. The molecule has 1 saturated heterocycles. The maximum Gasteiger partial charge on any atom is 0.154 e. The van der Waals surface area contributed by atoms with Gasteiger partial charge in [-0.1, -0.05) is 0 Å². The van der Waals surface area contributed by atoms with Gasteiger partial charge >= 0.3 is 0 Å². The molecule has 0 spiro atoms. The highest BCUT2D eigenvalue weighted by Crippen LogP contribution is 2.18. The third-order valence-electron chi connectivity index (χ3n) is 3.68. The van der Waals surface area contributed by atoms with Crippen LogP contribution in [0.5, 0.6) is 0 Å². The number of ether oxygens (including phenoxy) is 1. The predicted molar refractivity (Wildman–Crippen MR) is 78.8 cm³/mol. The van der Waals surface area contributed by atoms with Gasteiger partial charge in [0.05, 0.1) is 24.6 Å². The van der Waals surface area contributed by atoms with Crippen LogP contribution in [0.2, 0.25) is 0 Å². The molecule has 1 aliphatic rings. The summed E-state index contributed by atoms with van der Waals surface area (Å²) in [6.07, 6.45) is 6.22. The average Bonchev–Trinajstić information content (AvgIpc) is 2.87. The monoisotopic (exact) mass is 275 g/mol. The molecule has 3 heterocycles. The Hall–Kier alpha value is -1.66. The Morgan fingerprint density at radius 3 is 3.10 bits per heavy atom. The summed E-state index contributed by atoms with van der Waals surface area (Å²) in [5.41, 5.74) is 2.00. The zero-order valence-corrected chi connectivity index (χ0v) is 11.8. The van der Waals surface area contributed by atoms with Crippen molar-refractivity contribution in [2.75, 3.05) is 31.6 Å². The van der Waals surface area contributed by atoms with E-state index in [1.807, 2.05) is 24.0 Å². The van der Waals surface area contributed by atoms with Gasteiger partial charge in [0.25, 0.3) is 0 Å². The first-order chi connectivity index (χ1) is 9.84. The van der Waals surface area contributed by atoms with E-state index in [1.165, 1.54) is 0 Å². The summed E-state index contributed by atoms with van der Waals surface area (Å²) in [7, 11) is 1.99. The van der Waals surface area contributed by atoms with Crippen LogP contribution in [-0.2, 0) is 11.8 Å². The first-order valence-corrected chi connectivity index (χ1v) is 7.17. The van der Waals surface area contributed by atoms with Gasteiger partial charge in [0.1, 0.15) is 5.52 Å². The third-order valence-corrected chi connectivity index (χ3v) is 3.68. The number of nitrogens with zero attached hydrogens (tertiary/aromatic N) is 3. The van der Waals surface area contributed by atoms with Crippen molar-refractivity contribution >= 4 is 16.9 Å². The Bertz CT molecular complexity index is 562. The number of aryl methyl sites for hydroxylation is 1. The Kier molecular flexibility index (Phi) is 4.13. The molecular weight excluding hydrogens is 254 g/mol. The van der Waals surface area contributed by atoms with Gasteiger partial charge in [-0.15, -0.1) is 0 Å². The molecule has 0 bridgehead atoms. The summed E-state index contributed by atoms with van der Waals surface area (Å²) in [6, 6.07) is 1.97. The minimum Gasteiger partial charge on any atom is -0.376 e. The molecule has 20 heavy (non-hydrogen) atoms. The molecule has 0 atom stereocenters. The number of piperidine rings is 1. The number of rotatable bonds is 5. The normalized spacial score (nSPS) is 16.6. The third kappa shape index (κ3) is 2.91. The van der Waals surface area contributed by atoms with Gasteiger partial charge < -0.3 is 19.9 Å². The van der Waals surface area contributed by atoms with E-state index in [0.717, 1.165) is 49.3 Å². The molecule has 1 aliphatic heterocycles. The molecule has 3 rings (SSSR count). The SMILES string of the molecule is Cn1cnc2c(NCCOC3CCNCC3)nccc21. The quantitative estimate of drug-likeness (QED) is 0.801. The van der Waals surface area contributed by atoms with Gasteiger partial charge in [-0.3, -0.25) is 0 Å². The van der Waals surface area contributed by atoms with E-state index < -0.39 is 0 Å². The van der Waals surface area contributed by atoms with Crippen LogP contribution in [0.3, 0.4) is 0 Å². The minimum atomic E-state index is 0.400. The lowest BCUT2D eigenvalue weighted by atomic mass is 10.1. The molecule has 0 aliphatic carbocycles. The molecule has 2 aromatic rings. The van der Waals surface area contributed by atoms with Crippen molar-refractivity contribution in [2.45, 2.75) is 18.9 Å². The average molecular weight is 275 g/mol. The summed E-state index contributed by atoms with van der Waals surface area (Å²) >= 11 is 0. The lowest BCUT2D eigenvalue weighted by Gasteiger charge is -2.23. The second-order valence-corrected chi connectivity index (χ2v) is 5.13. The van der Waals surface area contributed by atoms with E-state index in [1.54, 1.807) is 6.20 Å². The predicted octanol–water partition coefficient (Wildman–Crippen LogP) is 1.15. The van der Waals surface area contributed by atoms with E-state index in [-0.39, 0.29) is 0 Å². The largest absolute Gasteiger partial charge is 0.376 e. The number of nitrogens with one attached hydrogen (secondary N) is 2. The molecular formula is C14H21N5O. The summed E-state index contributed by atoms with van der Waals surface area (Å²) in [6.45, 7) is 3.59. The van der Waals surface area contributed by atoms with Gasteiger partial charge in [0.15, 0.2) is 5.82 Å². The summed E-state index contributed by atoms with van der Waals surface area (Å²) in [5, 5.41) is 6.65. The molecule has 1 fully saturated rings. The fourth-order valence-corrected chi connectivity index (χ4v) is 2.55. The smallest absolute Gasteiger partial charge is 0.154 e. The number of anilines is 1. The summed E-state index contributed by atoms with van der Waals surface area (Å²) in [5.74, 6) is 0.831. The van der Waals surface area contributed by atoms with Crippen molar-refractivity contribution < 1.29 is 4.74 Å². The zero-order chi connectivity index (χ0) is 13.8. The molecule has 0 radical (unpaired) electrons. The fraction of sp³-hybridized carbons (Fsp3) is 0.571. The molecule has 0 amide bonds. The molecule has 2 aromatic heterocycles. The number of imidazole rings is 1. The number of fused-ring (bicyclic) bond motifs is 1. The topological polar surface area (TPSA) is 64.0 Å². The Labute approximate surface area is 118 Å². The van der Waals surface area contributed by atoms with Crippen LogP contribution < -0.4 is 10.6 Å². The fourth-order valence-electron chi connectivity index (χ4n) is 2.55. The number of hydrogen-bond donors (Lipinski definition) is 2. The van der Waals surface area contributed by atoms with E-state index in [9.17, 15) is 0 Å². The highest BCUT2D eigenvalue weighted by atomic mass is 16.5. The molecule has 6 nitrogen and oxygen atoms in total. The van der Waals surface area contributed by atoms with Crippen LogP contribution >= 0.6 is 0 Å². The maximum absolute atomic E-state index is 5.87. The van der Waals surface area contributed by atoms with E-state index >= 15 is 0 Å². The van der Waals surface area contributed by atoms with Crippen LogP contribution in [0.4, 0.5) is 5.82 Å². The molecule has 0 aromatic carbocycles. The van der Waals surface area contributed by atoms with Crippen molar-refractivity contribution in [1.29, 1.82) is 0 Å². The van der Waals surface area contributed by atoms with E-state index in [0.29, 0.717) is 12.7 Å². The van der Waals surface area contributed by atoms with Crippen LogP contribution in [0, 0.1) is 0 Å². The van der Waals surface area contributed by atoms with Crippen molar-refractivity contribution in [3.05, 3.63) is 18.6 Å². The summed E-state index contributed by atoms with van der Waals surface area (Å²) in [4.78, 5) is 8.73. The van der Waals surface area contributed by atoms with Crippen molar-refractivity contribution in [3.63, 3.8) is 0 Å². The van der Waals surface area contributed by atoms with Gasteiger partial charge in [-0.25, -0.2) is 9.97 Å². The maximum atomic E-state index is 5.87. The van der Waals surface area contributed by atoms with Gasteiger partial charge in [0, 0.05) is 19.8 Å². The number of pyridine rings is 1. The standard InChI is InChI=1S/C14H21N5O/c1-19-10-18-13-12(19)4-7-16-14(13)17-8-9-20-11-2-5-15-6-3-11/h4,7,10-11,15H,2-3,5-6,8-9H2,1H3,(H,16,17). The van der Waals surface area contributed by atoms with Gasteiger partial charge in [-0.05, 0) is 32.0 Å². The lowest BCUT2D eigenvalue weighted by molar-refractivity contribution is 0.0394. The van der Waals surface area contributed by atoms with Crippen molar-refractivity contribution in [1.82, 2.24) is 19.9 Å². The second kappa shape index (κ2) is 6.19. The van der Waals surface area contributed by atoms with Crippen LogP contribution in [0.25, 0.3) is 11.0 Å². The minimum absolute atomic E-state index is 0.400. The Morgan fingerprint density at radius 2 is 2.25 bits per heavy atom. The molecule has 0 saturated carbocycles. The summed E-state index contributed by atoms with van der Waals surface area (Å²) < 4.78 is 7.86. The van der Waals surface area contributed by atoms with E-state index in [2.05, 4.69) is 20.6 Å². The van der Waals surface area contributed by atoms with Gasteiger partial charge in [0.2, 0.25) is 0 Å². The van der Waals surface area contributed by atoms with E-state index in [4.69, 9.17) is 4.74 Å². The highest BCUT2D eigenvalue weighted by molar-refractivity contribution is 5.85. The molecule has 0 unspecified atom stereocenters. The van der Waals surface area contributed by atoms with Gasteiger partial charge in [-0.2, -0.15) is 0 Å². The zero-order valence-electron chi connectivity index (χ0n) is 11.8. The molecule has 108 valence electrons. The van der Waals surface area contributed by atoms with Crippen LogP contribution in [0.15, 0.2) is 18.6 Å². The van der Waals surface area contributed by atoms with Crippen LogP contribution in [-0.4, -0.2) is 46.9 Å². The number of aromatic nitrogens is 3. The first kappa shape index (κ1) is 13.3.